The van der Waals surface area contributed by atoms with Crippen molar-refractivity contribution in [3.05, 3.63) is 24.3 Å². The summed E-state index contributed by atoms with van der Waals surface area (Å²) < 4.78 is 0. The molecule has 2 atom stereocenters. The van der Waals surface area contributed by atoms with Gasteiger partial charge in [0.05, 0.1) is 18.8 Å². The summed E-state index contributed by atoms with van der Waals surface area (Å²) in [6, 6.07) is -0.534. The summed E-state index contributed by atoms with van der Waals surface area (Å²) in [6.07, 6.45) is 89.5. The summed E-state index contributed by atoms with van der Waals surface area (Å²) in [4.78, 5) is 12.5. The van der Waals surface area contributed by atoms with Crippen LogP contribution >= 0.6 is 0 Å². The molecule has 0 aromatic carbocycles. The highest BCUT2D eigenvalue weighted by Gasteiger charge is 2.20. The van der Waals surface area contributed by atoms with Gasteiger partial charge in [-0.2, -0.15) is 0 Å². The molecule has 0 aliphatic rings. The summed E-state index contributed by atoms with van der Waals surface area (Å²) in [5, 5.41) is 23.4. The maximum atomic E-state index is 12.5. The van der Waals surface area contributed by atoms with Crippen LogP contribution in [0.25, 0.3) is 0 Å². The molecule has 0 aromatic heterocycles. The predicted octanol–water partition coefficient (Wildman–Crippen LogP) is 23.4. The number of aliphatic hydroxyl groups excluding tert-OH is 2. The topological polar surface area (TPSA) is 69.6 Å². The van der Waals surface area contributed by atoms with Gasteiger partial charge in [0.1, 0.15) is 0 Å². The summed E-state index contributed by atoms with van der Waals surface area (Å²) in [7, 11) is 0. The minimum Gasteiger partial charge on any atom is -0.394 e. The second-order valence-electron chi connectivity index (χ2n) is 24.0. The smallest absolute Gasteiger partial charge is 0.220 e. The van der Waals surface area contributed by atoms with E-state index in [0.717, 1.165) is 32.1 Å². The van der Waals surface area contributed by atoms with Crippen molar-refractivity contribution in [1.82, 2.24) is 5.32 Å². The highest BCUT2D eigenvalue weighted by atomic mass is 16.3. The molecule has 0 bridgehead atoms. The number of hydrogen-bond donors (Lipinski definition) is 3. The van der Waals surface area contributed by atoms with Crippen molar-refractivity contribution in [3.8, 4) is 0 Å². The van der Waals surface area contributed by atoms with E-state index in [-0.39, 0.29) is 12.5 Å². The molecule has 0 saturated heterocycles. The van der Waals surface area contributed by atoms with Crippen molar-refractivity contribution in [2.75, 3.05) is 6.61 Å². The largest absolute Gasteiger partial charge is 0.394 e. The molecular formula is C70H137NO3. The van der Waals surface area contributed by atoms with Gasteiger partial charge in [0.15, 0.2) is 0 Å². The fraction of sp³-hybridized carbons (Fsp3) is 0.929. The van der Waals surface area contributed by atoms with E-state index in [1.54, 1.807) is 0 Å². The molecule has 0 rings (SSSR count). The number of carbonyl (C=O) groups is 1. The molecule has 0 fully saturated rings. The van der Waals surface area contributed by atoms with E-state index in [4.69, 9.17) is 0 Å². The Bertz CT molecular complexity index is 1090. The van der Waals surface area contributed by atoms with Crippen LogP contribution in [0.15, 0.2) is 24.3 Å². The molecule has 0 aromatic rings. The van der Waals surface area contributed by atoms with Crippen LogP contribution in [0.1, 0.15) is 399 Å². The summed E-state index contributed by atoms with van der Waals surface area (Å²) in [5.41, 5.74) is 0. The van der Waals surface area contributed by atoms with Crippen molar-refractivity contribution in [2.45, 2.75) is 411 Å². The first-order chi connectivity index (χ1) is 36.7. The molecule has 1 amide bonds. The minimum absolute atomic E-state index is 0.0213. The fourth-order valence-corrected chi connectivity index (χ4v) is 11.2. The van der Waals surface area contributed by atoms with Gasteiger partial charge < -0.3 is 15.5 Å². The molecule has 0 radical (unpaired) electrons. The number of allylic oxidation sites excluding steroid dienone is 4. The second-order valence-corrected chi connectivity index (χ2v) is 24.0. The van der Waals surface area contributed by atoms with Gasteiger partial charge in [-0.15, -0.1) is 0 Å². The zero-order valence-electron chi connectivity index (χ0n) is 50.9. The van der Waals surface area contributed by atoms with Gasteiger partial charge in [-0.3, -0.25) is 4.79 Å². The Balaban J connectivity index is 3.36. The van der Waals surface area contributed by atoms with Crippen LogP contribution in [0.4, 0.5) is 0 Å². The van der Waals surface area contributed by atoms with Crippen LogP contribution in [0.3, 0.4) is 0 Å². The van der Waals surface area contributed by atoms with Gasteiger partial charge in [-0.25, -0.2) is 0 Å². The molecule has 0 aliphatic heterocycles. The maximum Gasteiger partial charge on any atom is 0.220 e. The Hall–Kier alpha value is -1.13. The molecule has 74 heavy (non-hydrogen) atoms. The van der Waals surface area contributed by atoms with Crippen LogP contribution in [0, 0.1) is 0 Å². The predicted molar refractivity (Wildman–Crippen MR) is 332 cm³/mol. The minimum atomic E-state index is -0.658. The Morgan fingerprint density at radius 1 is 0.324 bits per heavy atom. The normalized spacial score (nSPS) is 12.8. The molecule has 3 N–H and O–H groups in total. The lowest BCUT2D eigenvalue weighted by Gasteiger charge is -2.22. The Kier molecular flexibility index (Phi) is 65.1. The van der Waals surface area contributed by atoms with E-state index < -0.39 is 12.1 Å². The average Bonchev–Trinajstić information content (AvgIpc) is 3.40. The lowest BCUT2D eigenvalue weighted by atomic mass is 10.0. The van der Waals surface area contributed by atoms with Gasteiger partial charge in [0, 0.05) is 6.42 Å². The van der Waals surface area contributed by atoms with E-state index in [9.17, 15) is 15.0 Å². The van der Waals surface area contributed by atoms with E-state index in [1.807, 2.05) is 0 Å². The van der Waals surface area contributed by atoms with Crippen molar-refractivity contribution in [3.63, 3.8) is 0 Å². The highest BCUT2D eigenvalue weighted by molar-refractivity contribution is 5.76. The summed E-state index contributed by atoms with van der Waals surface area (Å²) >= 11 is 0. The first-order valence-electron chi connectivity index (χ1n) is 34.5. The van der Waals surface area contributed by atoms with Gasteiger partial charge in [0.2, 0.25) is 5.91 Å². The van der Waals surface area contributed by atoms with Crippen LogP contribution < -0.4 is 5.32 Å². The highest BCUT2D eigenvalue weighted by Crippen LogP contribution is 2.19. The van der Waals surface area contributed by atoms with Gasteiger partial charge in [-0.05, 0) is 44.9 Å². The molecule has 440 valence electrons. The fourth-order valence-electron chi connectivity index (χ4n) is 11.2. The molecule has 4 nitrogen and oxygen atoms in total. The molecular weight excluding hydrogens is 903 g/mol. The van der Waals surface area contributed by atoms with Gasteiger partial charge in [0.25, 0.3) is 0 Å². The molecule has 0 spiro atoms. The first kappa shape index (κ1) is 72.9. The van der Waals surface area contributed by atoms with E-state index in [0.29, 0.717) is 12.8 Å². The number of rotatable bonds is 65. The molecule has 2 unspecified atom stereocenters. The standard InChI is InChI=1S/C70H137NO3/c1-3-5-7-9-11-13-15-17-19-21-23-25-27-28-29-30-31-32-33-34-35-36-37-38-39-40-41-42-44-46-48-50-52-54-56-58-60-62-64-66-70(74)71-68(67-72)69(73)65-63-61-59-57-55-53-51-49-47-45-43-26-24-22-20-18-16-14-12-10-8-6-4-2/h15,17,21,23,68-69,72-73H,3-14,16,18-20,22,24-67H2,1-2H3,(H,71,74)/b17-15-,23-21-. The number of hydrogen-bond acceptors (Lipinski definition) is 3. The van der Waals surface area contributed by atoms with Gasteiger partial charge >= 0.3 is 0 Å². The third kappa shape index (κ3) is 61.7. The molecule has 0 aliphatic carbocycles. The monoisotopic (exact) mass is 1040 g/mol. The number of amides is 1. The summed E-state index contributed by atoms with van der Waals surface area (Å²) in [5.74, 6) is -0.0213. The Morgan fingerprint density at radius 3 is 0.811 bits per heavy atom. The summed E-state index contributed by atoms with van der Waals surface area (Å²) in [6.45, 7) is 4.40. The third-order valence-electron chi connectivity index (χ3n) is 16.5. The van der Waals surface area contributed by atoms with Crippen molar-refractivity contribution in [1.29, 1.82) is 0 Å². The van der Waals surface area contributed by atoms with E-state index in [2.05, 4.69) is 43.5 Å². The van der Waals surface area contributed by atoms with Crippen LogP contribution in [-0.4, -0.2) is 34.9 Å². The Labute approximate surface area is 466 Å². The Morgan fingerprint density at radius 2 is 0.554 bits per heavy atom. The van der Waals surface area contributed by atoms with Crippen molar-refractivity contribution < 1.29 is 15.0 Å². The number of unbranched alkanes of at least 4 members (excludes halogenated alkanes) is 54. The van der Waals surface area contributed by atoms with E-state index >= 15 is 0 Å². The van der Waals surface area contributed by atoms with Crippen LogP contribution in [-0.2, 0) is 4.79 Å². The van der Waals surface area contributed by atoms with Crippen LogP contribution in [0.5, 0.6) is 0 Å². The number of aliphatic hydroxyl groups is 2. The lowest BCUT2D eigenvalue weighted by molar-refractivity contribution is -0.123. The maximum absolute atomic E-state index is 12.5. The lowest BCUT2D eigenvalue weighted by Crippen LogP contribution is -2.45. The zero-order valence-corrected chi connectivity index (χ0v) is 50.9. The first-order valence-corrected chi connectivity index (χ1v) is 34.5. The van der Waals surface area contributed by atoms with Crippen molar-refractivity contribution in [2.24, 2.45) is 0 Å². The molecule has 4 heteroatoms. The molecule has 0 saturated carbocycles. The van der Waals surface area contributed by atoms with Crippen LogP contribution in [0.2, 0.25) is 0 Å². The number of nitrogens with one attached hydrogen (secondary N) is 1. The zero-order chi connectivity index (χ0) is 53.4. The average molecular weight is 1040 g/mol. The number of carbonyl (C=O) groups excluding carboxylic acids is 1. The molecule has 0 heterocycles. The quantitative estimate of drug-likeness (QED) is 0.0420. The third-order valence-corrected chi connectivity index (χ3v) is 16.5. The van der Waals surface area contributed by atoms with E-state index in [1.165, 1.54) is 340 Å². The van der Waals surface area contributed by atoms with Crippen molar-refractivity contribution >= 4 is 5.91 Å². The second kappa shape index (κ2) is 66.2. The van der Waals surface area contributed by atoms with Gasteiger partial charge in [-0.1, -0.05) is 372 Å². The SMILES string of the molecule is CCCCCCC/C=C\C/C=C\CCCCCCCCCCCCCCCCCCCCCCCCCCCCCC(=O)NC(CO)C(O)CCCCCCCCCCCCCCCCCCCCCCCCC.